The molecular weight excluding hydrogens is 383 g/mol. The number of pyridine rings is 1. The second kappa shape index (κ2) is 7.61. The first-order valence-corrected chi connectivity index (χ1v) is 11.1. The van der Waals surface area contributed by atoms with Crippen molar-refractivity contribution in [2.24, 2.45) is 10.9 Å². The van der Waals surface area contributed by atoms with Crippen molar-refractivity contribution in [3.63, 3.8) is 0 Å². The molecule has 1 saturated heterocycles. The molecule has 154 valence electrons. The molecule has 1 aromatic heterocycles. The Morgan fingerprint density at radius 2 is 2.29 bits per heavy atom. The van der Waals surface area contributed by atoms with Crippen molar-refractivity contribution in [3.05, 3.63) is 41.4 Å². The highest BCUT2D eigenvalue weighted by atomic mass is 32.2. The van der Waals surface area contributed by atoms with Gasteiger partial charge >= 0.3 is 0 Å². The molecule has 3 aliphatic rings. The molecule has 2 atom stereocenters. The number of anilines is 1. The Balaban J connectivity index is 0.00000160. The standard InChI is InChI=1S/C18H23FN6O2S.2H2/c1-28(26,27)21-10-12-4-3-9-25(11-12)15-7-6-14(19)17(22-15)16-13-5-2-8-20-18(13)24-23-16;;/h2,5-8,12,18,21,23-24H,3-4,9-11H2,1H3;2*1H. The fourth-order valence-electron chi connectivity index (χ4n) is 3.69. The number of hydrazine groups is 1. The van der Waals surface area contributed by atoms with Crippen LogP contribution >= 0.6 is 0 Å². The van der Waals surface area contributed by atoms with Crippen LogP contribution in [0.4, 0.5) is 10.2 Å². The minimum Gasteiger partial charge on any atom is -0.356 e. The molecule has 0 aliphatic carbocycles. The van der Waals surface area contributed by atoms with Gasteiger partial charge in [0.2, 0.25) is 10.0 Å². The maximum absolute atomic E-state index is 14.6. The number of aromatic nitrogens is 1. The third-order valence-electron chi connectivity index (χ3n) is 5.06. The lowest BCUT2D eigenvalue weighted by Crippen LogP contribution is -2.41. The van der Waals surface area contributed by atoms with E-state index in [9.17, 15) is 12.8 Å². The first-order chi connectivity index (χ1) is 13.4. The second-order valence-electron chi connectivity index (χ2n) is 7.23. The molecule has 0 saturated carbocycles. The molecule has 3 N–H and O–H groups in total. The zero-order chi connectivity index (χ0) is 19.7. The molecule has 0 amide bonds. The van der Waals surface area contributed by atoms with Gasteiger partial charge in [0.05, 0.1) is 12.0 Å². The number of hydrogen-bond acceptors (Lipinski definition) is 7. The molecule has 0 spiro atoms. The van der Waals surface area contributed by atoms with E-state index in [2.05, 4.69) is 30.4 Å². The number of halogens is 1. The molecule has 0 aromatic carbocycles. The summed E-state index contributed by atoms with van der Waals surface area (Å²) in [7, 11) is -3.21. The van der Waals surface area contributed by atoms with Gasteiger partial charge in [0, 0.05) is 34.3 Å². The smallest absolute Gasteiger partial charge is 0.208 e. The van der Waals surface area contributed by atoms with Crippen molar-refractivity contribution >= 4 is 27.8 Å². The summed E-state index contributed by atoms with van der Waals surface area (Å²) in [6, 6.07) is 3.10. The van der Waals surface area contributed by atoms with Crippen LogP contribution < -0.4 is 20.5 Å². The number of nitrogens with zero attached hydrogens (tertiary/aromatic N) is 3. The van der Waals surface area contributed by atoms with Crippen LogP contribution in [-0.4, -0.2) is 51.7 Å². The summed E-state index contributed by atoms with van der Waals surface area (Å²) in [5.74, 6) is 0.464. The third kappa shape index (κ3) is 4.08. The van der Waals surface area contributed by atoms with E-state index in [0.717, 1.165) is 31.2 Å². The molecule has 10 heteroatoms. The largest absolute Gasteiger partial charge is 0.356 e. The molecule has 0 bridgehead atoms. The van der Waals surface area contributed by atoms with E-state index in [1.807, 2.05) is 12.2 Å². The number of sulfonamides is 1. The number of fused-ring (bicyclic) bond motifs is 1. The molecular formula is C18H27FN6O2S. The van der Waals surface area contributed by atoms with Crippen LogP contribution in [0, 0.1) is 11.7 Å². The summed E-state index contributed by atoms with van der Waals surface area (Å²) in [4.78, 5) is 11.0. The van der Waals surface area contributed by atoms with Crippen molar-refractivity contribution in [1.29, 1.82) is 0 Å². The van der Waals surface area contributed by atoms with Crippen LogP contribution in [0.3, 0.4) is 0 Å². The number of nitrogens with one attached hydrogen (secondary N) is 3. The lowest BCUT2D eigenvalue weighted by molar-refractivity contribution is 0.409. The average molecular weight is 411 g/mol. The van der Waals surface area contributed by atoms with Crippen LogP contribution in [-0.2, 0) is 10.0 Å². The molecule has 8 nitrogen and oxygen atoms in total. The van der Waals surface area contributed by atoms with Gasteiger partial charge in [0.15, 0.2) is 5.82 Å². The molecule has 4 rings (SSSR count). The van der Waals surface area contributed by atoms with E-state index in [0.29, 0.717) is 24.6 Å². The summed E-state index contributed by atoms with van der Waals surface area (Å²) in [5.41, 5.74) is 7.70. The van der Waals surface area contributed by atoms with E-state index in [1.165, 1.54) is 6.07 Å². The zero-order valence-corrected chi connectivity index (χ0v) is 16.3. The number of hydrogen-bond donors (Lipinski definition) is 3. The Hall–Kier alpha value is -2.30. The van der Waals surface area contributed by atoms with E-state index >= 15 is 0 Å². The fourth-order valence-corrected chi connectivity index (χ4v) is 4.23. The summed E-state index contributed by atoms with van der Waals surface area (Å²) in [5, 5.41) is 0. The first kappa shape index (κ1) is 19.0. The number of allylic oxidation sites excluding steroid dienone is 1. The van der Waals surface area contributed by atoms with Gasteiger partial charge in [0.25, 0.3) is 0 Å². The number of rotatable bonds is 5. The van der Waals surface area contributed by atoms with Gasteiger partial charge in [-0.3, -0.25) is 4.99 Å². The van der Waals surface area contributed by atoms with Crippen LogP contribution in [0.1, 0.15) is 21.4 Å². The Kier molecular flexibility index (Phi) is 5.17. The molecule has 1 fully saturated rings. The molecule has 1 aromatic rings. The second-order valence-corrected chi connectivity index (χ2v) is 9.07. The van der Waals surface area contributed by atoms with Crippen molar-refractivity contribution in [3.8, 4) is 0 Å². The fraction of sp³-hybridized carbons (Fsp3) is 0.444. The van der Waals surface area contributed by atoms with Crippen LogP contribution in [0.15, 0.2) is 34.9 Å². The number of aliphatic imine (C=N–C) groups is 1. The molecule has 28 heavy (non-hydrogen) atoms. The first-order valence-electron chi connectivity index (χ1n) is 9.23. The van der Waals surface area contributed by atoms with E-state index in [4.69, 9.17) is 0 Å². The SMILES string of the molecule is CS(=O)(=O)NCC1CCCN(c2ccc(F)c(C3=C4C=CC=NC4NN3)n2)C1.[HH].[HH]. The highest BCUT2D eigenvalue weighted by molar-refractivity contribution is 7.88. The topological polar surface area (TPSA) is 98.7 Å². The van der Waals surface area contributed by atoms with E-state index in [-0.39, 0.29) is 20.6 Å². The average Bonchev–Trinajstić information content (AvgIpc) is 3.10. The van der Waals surface area contributed by atoms with Crippen LogP contribution in [0.5, 0.6) is 0 Å². The lowest BCUT2D eigenvalue weighted by Gasteiger charge is -2.33. The van der Waals surface area contributed by atoms with Gasteiger partial charge in [-0.2, -0.15) is 0 Å². The van der Waals surface area contributed by atoms with Crippen molar-refractivity contribution in [1.82, 2.24) is 20.6 Å². The maximum atomic E-state index is 14.6. The molecule has 3 aliphatic heterocycles. The monoisotopic (exact) mass is 410 g/mol. The highest BCUT2D eigenvalue weighted by Crippen LogP contribution is 2.29. The Morgan fingerprint density at radius 3 is 3.11 bits per heavy atom. The van der Waals surface area contributed by atoms with E-state index < -0.39 is 15.8 Å². The number of dihydropyridines is 1. The zero-order valence-electron chi connectivity index (χ0n) is 15.5. The third-order valence-corrected chi connectivity index (χ3v) is 5.75. The van der Waals surface area contributed by atoms with Gasteiger partial charge in [-0.15, -0.1) is 0 Å². The van der Waals surface area contributed by atoms with Crippen molar-refractivity contribution < 1.29 is 15.7 Å². The summed E-state index contributed by atoms with van der Waals surface area (Å²) in [6.07, 6.45) is 8.19. The van der Waals surface area contributed by atoms with Gasteiger partial charge in [0.1, 0.15) is 17.7 Å². The van der Waals surface area contributed by atoms with Crippen molar-refractivity contribution in [2.75, 3.05) is 30.8 Å². The summed E-state index contributed by atoms with van der Waals surface area (Å²) < 4.78 is 39.8. The number of piperidine rings is 1. The Bertz CT molecular complexity index is 969. The lowest BCUT2D eigenvalue weighted by atomic mass is 9.98. The quantitative estimate of drug-likeness (QED) is 0.676. The predicted octanol–water partition coefficient (Wildman–Crippen LogP) is 1.26. The molecule has 4 heterocycles. The minimum absolute atomic E-state index is 0. The molecule has 0 radical (unpaired) electrons. The van der Waals surface area contributed by atoms with E-state index in [1.54, 1.807) is 12.3 Å². The molecule has 2 unspecified atom stereocenters. The van der Waals surface area contributed by atoms with Crippen LogP contribution in [0.25, 0.3) is 5.70 Å². The Labute approximate surface area is 166 Å². The van der Waals surface area contributed by atoms with Crippen molar-refractivity contribution in [2.45, 2.75) is 19.0 Å². The highest BCUT2D eigenvalue weighted by Gasteiger charge is 2.28. The Morgan fingerprint density at radius 1 is 1.43 bits per heavy atom. The summed E-state index contributed by atoms with van der Waals surface area (Å²) >= 11 is 0. The minimum atomic E-state index is -3.21. The van der Waals surface area contributed by atoms with Gasteiger partial charge in [-0.1, -0.05) is 6.08 Å². The van der Waals surface area contributed by atoms with Crippen LogP contribution in [0.2, 0.25) is 0 Å². The predicted molar refractivity (Wildman–Crippen MR) is 111 cm³/mol. The van der Waals surface area contributed by atoms with Gasteiger partial charge in [-0.25, -0.2) is 27.9 Å². The van der Waals surface area contributed by atoms with Gasteiger partial charge in [-0.05, 0) is 37.0 Å². The maximum Gasteiger partial charge on any atom is 0.208 e. The summed E-state index contributed by atoms with van der Waals surface area (Å²) in [6.45, 7) is 1.87. The van der Waals surface area contributed by atoms with Gasteiger partial charge < -0.3 is 10.3 Å². The normalized spacial score (nSPS) is 24.4.